The van der Waals surface area contributed by atoms with Gasteiger partial charge in [0.05, 0.1) is 30.4 Å². The fourth-order valence-corrected chi connectivity index (χ4v) is 1.83. The minimum absolute atomic E-state index is 0.0225. The van der Waals surface area contributed by atoms with Gasteiger partial charge in [-0.05, 0) is 6.72 Å². The number of methoxy groups -OCH3 is 2. The van der Waals surface area contributed by atoms with Crippen molar-refractivity contribution in [2.24, 2.45) is 4.99 Å². The second kappa shape index (κ2) is 6.00. The smallest absolute Gasteiger partial charge is 0.315 e. The van der Waals surface area contributed by atoms with Crippen LogP contribution in [0.5, 0.6) is 11.5 Å². The number of nitro groups is 1. The second-order valence-corrected chi connectivity index (χ2v) is 3.97. The average Bonchev–Trinajstić information content (AvgIpc) is 2.43. The number of hydrogen-bond acceptors (Lipinski definition) is 6. The first-order valence-corrected chi connectivity index (χ1v) is 5.50. The van der Waals surface area contributed by atoms with Crippen LogP contribution < -0.4 is 14.4 Å². The van der Waals surface area contributed by atoms with Crippen LogP contribution in [0.25, 0.3) is 0 Å². The fourth-order valence-electron chi connectivity index (χ4n) is 1.83. The number of carbonyl (C=O) groups is 1. The Balaban J connectivity index is 3.84. The highest BCUT2D eigenvalue weighted by atomic mass is 16.6. The number of nitro benzene ring substituents is 1. The first-order chi connectivity index (χ1) is 9.38. The summed E-state index contributed by atoms with van der Waals surface area (Å²) in [5, 5.41) is 11.1. The Bertz CT molecular complexity index is 569. The Hall–Kier alpha value is -2.64. The van der Waals surface area contributed by atoms with Gasteiger partial charge in [0.25, 0.3) is 5.91 Å². The van der Waals surface area contributed by atoms with Crippen LogP contribution in [0.3, 0.4) is 0 Å². The van der Waals surface area contributed by atoms with E-state index in [0.717, 1.165) is 6.07 Å². The van der Waals surface area contributed by atoms with Gasteiger partial charge < -0.3 is 14.4 Å². The number of aliphatic imine (C=N–C) groups is 1. The van der Waals surface area contributed by atoms with E-state index in [1.807, 2.05) is 0 Å². The van der Waals surface area contributed by atoms with Crippen LogP contribution in [0.4, 0.5) is 11.4 Å². The summed E-state index contributed by atoms with van der Waals surface area (Å²) in [6.07, 6.45) is 0. The van der Waals surface area contributed by atoms with Crippen molar-refractivity contribution in [3.05, 3.63) is 21.7 Å². The van der Waals surface area contributed by atoms with E-state index in [1.165, 1.54) is 14.2 Å². The maximum Gasteiger partial charge on any atom is 0.315 e. The lowest BCUT2D eigenvalue weighted by Crippen LogP contribution is -2.16. The van der Waals surface area contributed by atoms with Crippen LogP contribution in [-0.2, 0) is 0 Å². The van der Waals surface area contributed by atoms with Crippen molar-refractivity contribution in [3.8, 4) is 11.5 Å². The molecule has 108 valence electrons. The van der Waals surface area contributed by atoms with Crippen LogP contribution in [0.2, 0.25) is 0 Å². The van der Waals surface area contributed by atoms with Gasteiger partial charge in [0.15, 0.2) is 5.75 Å². The summed E-state index contributed by atoms with van der Waals surface area (Å²) in [5.41, 5.74) is -0.0105. The molecule has 8 nitrogen and oxygen atoms in total. The van der Waals surface area contributed by atoms with Crippen molar-refractivity contribution in [2.45, 2.75) is 0 Å². The normalized spacial score (nSPS) is 9.80. The van der Waals surface area contributed by atoms with Gasteiger partial charge in [-0.3, -0.25) is 14.9 Å². The standard InChI is InChI=1S/C12H15N3O5/c1-13-12(16)7-6-8(15(17)18)10(19-4)11(20-5)9(7)14(2)3/h6H,1H2,2-5H3. The van der Waals surface area contributed by atoms with Gasteiger partial charge in [-0.15, -0.1) is 0 Å². The van der Waals surface area contributed by atoms with Crippen molar-refractivity contribution in [1.82, 2.24) is 0 Å². The summed E-state index contributed by atoms with van der Waals surface area (Å²) in [6.45, 7) is 3.15. The first-order valence-electron chi connectivity index (χ1n) is 5.50. The SMILES string of the molecule is C=NC(=O)c1cc([N+](=O)[O-])c(OC)c(OC)c1N(C)C. The lowest BCUT2D eigenvalue weighted by molar-refractivity contribution is -0.385. The highest BCUT2D eigenvalue weighted by Crippen LogP contribution is 2.46. The summed E-state index contributed by atoms with van der Waals surface area (Å²) < 4.78 is 10.2. The quantitative estimate of drug-likeness (QED) is 0.461. The van der Waals surface area contributed by atoms with Gasteiger partial charge >= 0.3 is 5.69 Å². The Morgan fingerprint density at radius 2 is 1.90 bits per heavy atom. The topological polar surface area (TPSA) is 94.3 Å². The minimum Gasteiger partial charge on any atom is -0.491 e. The molecule has 0 saturated carbocycles. The molecule has 0 heterocycles. The van der Waals surface area contributed by atoms with Gasteiger partial charge in [-0.1, -0.05) is 0 Å². The Kier molecular flexibility index (Phi) is 4.63. The molecule has 0 spiro atoms. The molecule has 0 atom stereocenters. The van der Waals surface area contributed by atoms with Gasteiger partial charge in [0, 0.05) is 20.2 Å². The van der Waals surface area contributed by atoms with Crippen LogP contribution in [0, 0.1) is 10.1 Å². The van der Waals surface area contributed by atoms with E-state index < -0.39 is 10.8 Å². The zero-order chi connectivity index (χ0) is 15.4. The summed E-state index contributed by atoms with van der Waals surface area (Å²) >= 11 is 0. The van der Waals surface area contributed by atoms with Crippen LogP contribution in [0.15, 0.2) is 11.1 Å². The molecule has 0 fully saturated rings. The van der Waals surface area contributed by atoms with E-state index in [0.29, 0.717) is 5.69 Å². The van der Waals surface area contributed by atoms with E-state index in [2.05, 4.69) is 11.7 Å². The molecular formula is C12H15N3O5. The number of rotatable bonds is 5. The molecule has 1 aromatic rings. The maximum absolute atomic E-state index is 11.8. The summed E-state index contributed by atoms with van der Waals surface area (Å²) in [4.78, 5) is 27.1. The highest BCUT2D eigenvalue weighted by Gasteiger charge is 2.29. The summed E-state index contributed by atoms with van der Waals surface area (Å²) in [6, 6.07) is 1.10. The van der Waals surface area contributed by atoms with Gasteiger partial charge in [-0.25, -0.2) is 4.99 Å². The molecule has 1 amide bonds. The predicted molar refractivity (Wildman–Crippen MR) is 74.4 cm³/mol. The molecule has 0 N–H and O–H groups in total. The minimum atomic E-state index is -0.683. The zero-order valence-electron chi connectivity index (χ0n) is 11.7. The number of hydrogen-bond donors (Lipinski definition) is 0. The molecule has 0 aliphatic heterocycles. The first kappa shape index (κ1) is 15.4. The van der Waals surface area contributed by atoms with E-state index >= 15 is 0 Å². The summed E-state index contributed by atoms with van der Waals surface area (Å²) in [7, 11) is 5.97. The largest absolute Gasteiger partial charge is 0.491 e. The van der Waals surface area contributed by atoms with Gasteiger partial charge in [0.2, 0.25) is 5.75 Å². The number of nitrogens with zero attached hydrogens (tertiary/aromatic N) is 3. The van der Waals surface area contributed by atoms with E-state index in [1.54, 1.807) is 19.0 Å². The maximum atomic E-state index is 11.8. The second-order valence-electron chi connectivity index (χ2n) is 3.97. The fraction of sp³-hybridized carbons (Fsp3) is 0.333. The van der Waals surface area contributed by atoms with Gasteiger partial charge in [0.1, 0.15) is 0 Å². The molecule has 0 bridgehead atoms. The third kappa shape index (κ3) is 2.53. The van der Waals surface area contributed by atoms with Crippen LogP contribution in [-0.4, -0.2) is 45.9 Å². The number of benzene rings is 1. The number of ether oxygens (including phenoxy) is 2. The number of anilines is 1. The lowest BCUT2D eigenvalue weighted by atomic mass is 10.1. The molecule has 0 unspecified atom stereocenters. The molecule has 1 aromatic carbocycles. The molecule has 20 heavy (non-hydrogen) atoms. The van der Waals surface area contributed by atoms with Crippen molar-refractivity contribution in [1.29, 1.82) is 0 Å². The van der Waals surface area contributed by atoms with Gasteiger partial charge in [-0.2, -0.15) is 0 Å². The van der Waals surface area contributed by atoms with Crippen molar-refractivity contribution in [3.63, 3.8) is 0 Å². The zero-order valence-corrected chi connectivity index (χ0v) is 11.7. The predicted octanol–water partition coefficient (Wildman–Crippen LogP) is 1.52. The lowest BCUT2D eigenvalue weighted by Gasteiger charge is -2.21. The molecular weight excluding hydrogens is 266 g/mol. The molecule has 0 aromatic heterocycles. The molecule has 1 rings (SSSR count). The van der Waals surface area contributed by atoms with Crippen LogP contribution in [0.1, 0.15) is 10.4 Å². The molecule has 0 aliphatic carbocycles. The third-order valence-corrected chi connectivity index (χ3v) is 2.62. The third-order valence-electron chi connectivity index (χ3n) is 2.62. The average molecular weight is 281 g/mol. The van der Waals surface area contributed by atoms with E-state index in [4.69, 9.17) is 9.47 Å². The molecule has 0 radical (unpaired) electrons. The summed E-state index contributed by atoms with van der Waals surface area (Å²) in [5.74, 6) is -0.640. The Morgan fingerprint density at radius 3 is 2.25 bits per heavy atom. The highest BCUT2D eigenvalue weighted by molar-refractivity contribution is 6.05. The number of carbonyl (C=O) groups excluding carboxylic acids is 1. The van der Waals surface area contributed by atoms with Crippen molar-refractivity contribution in [2.75, 3.05) is 33.2 Å². The molecule has 8 heteroatoms. The van der Waals surface area contributed by atoms with E-state index in [9.17, 15) is 14.9 Å². The molecule has 0 saturated heterocycles. The van der Waals surface area contributed by atoms with Crippen molar-refractivity contribution < 1.29 is 19.2 Å². The van der Waals surface area contributed by atoms with Crippen LogP contribution >= 0.6 is 0 Å². The monoisotopic (exact) mass is 281 g/mol. The number of amides is 1. The van der Waals surface area contributed by atoms with E-state index in [-0.39, 0.29) is 22.7 Å². The Morgan fingerprint density at radius 1 is 1.35 bits per heavy atom. The molecule has 0 aliphatic rings. The van der Waals surface area contributed by atoms with Crippen molar-refractivity contribution >= 4 is 24.0 Å². The Labute approximate surface area is 115 Å².